The maximum absolute atomic E-state index is 12.1. The van der Waals surface area contributed by atoms with Crippen molar-refractivity contribution in [2.45, 2.75) is 26.8 Å². The number of rotatable bonds is 4. The van der Waals surface area contributed by atoms with Crippen LogP contribution in [-0.2, 0) is 6.54 Å². The Hall–Kier alpha value is -1.78. The largest absolute Gasteiger partial charge is 0.477 e. The van der Waals surface area contributed by atoms with Gasteiger partial charge in [-0.1, -0.05) is 36.2 Å². The Morgan fingerprint density at radius 3 is 2.45 bits per heavy atom. The van der Waals surface area contributed by atoms with E-state index in [1.807, 2.05) is 11.5 Å². The molecule has 0 saturated carbocycles. The van der Waals surface area contributed by atoms with Gasteiger partial charge in [0.15, 0.2) is 5.43 Å². The van der Waals surface area contributed by atoms with E-state index in [2.05, 4.69) is 0 Å². The molecule has 0 spiro atoms. The van der Waals surface area contributed by atoms with Crippen LogP contribution in [0, 0.1) is 6.92 Å². The van der Waals surface area contributed by atoms with Crippen LogP contribution in [0.15, 0.2) is 29.1 Å². The van der Waals surface area contributed by atoms with Gasteiger partial charge in [-0.2, -0.15) is 0 Å². The van der Waals surface area contributed by atoms with Crippen LogP contribution in [0.25, 0.3) is 11.3 Å². The summed E-state index contributed by atoms with van der Waals surface area (Å²) in [6, 6.07) is 6.19. The molecular weight excluding hydrogens is 325 g/mol. The van der Waals surface area contributed by atoms with Gasteiger partial charge >= 0.3 is 5.97 Å². The van der Waals surface area contributed by atoms with Gasteiger partial charge in [-0.15, -0.1) is 0 Å². The summed E-state index contributed by atoms with van der Waals surface area (Å²) < 4.78 is 1.82. The molecule has 1 heterocycles. The minimum absolute atomic E-state index is 0.252. The van der Waals surface area contributed by atoms with Gasteiger partial charge in [-0.25, -0.2) is 4.79 Å². The van der Waals surface area contributed by atoms with Crippen LogP contribution in [0.5, 0.6) is 0 Å². The summed E-state index contributed by atoms with van der Waals surface area (Å²) >= 11 is 12.0. The maximum Gasteiger partial charge on any atom is 0.341 e. The van der Waals surface area contributed by atoms with Crippen LogP contribution >= 0.6 is 23.2 Å². The minimum Gasteiger partial charge on any atom is -0.477 e. The SMILES string of the molecule is CCCn1c(C)cc(=O)c(C(=O)O)c1-c1ccc(Cl)c(Cl)c1. The first kappa shape index (κ1) is 16.6. The van der Waals surface area contributed by atoms with Gasteiger partial charge < -0.3 is 9.67 Å². The van der Waals surface area contributed by atoms with Crippen LogP contribution in [-0.4, -0.2) is 15.6 Å². The van der Waals surface area contributed by atoms with E-state index in [9.17, 15) is 14.7 Å². The Bertz CT molecular complexity index is 797. The highest BCUT2D eigenvalue weighted by atomic mass is 35.5. The first-order valence-corrected chi connectivity index (χ1v) is 7.55. The molecule has 0 bridgehead atoms. The lowest BCUT2D eigenvalue weighted by atomic mass is 10.0. The van der Waals surface area contributed by atoms with Gasteiger partial charge in [0.1, 0.15) is 5.56 Å². The van der Waals surface area contributed by atoms with Crippen molar-refractivity contribution in [2.24, 2.45) is 0 Å². The second kappa shape index (κ2) is 6.55. The summed E-state index contributed by atoms with van der Waals surface area (Å²) in [5.74, 6) is -1.25. The molecule has 1 N–H and O–H groups in total. The first-order chi connectivity index (χ1) is 10.4. The first-order valence-electron chi connectivity index (χ1n) is 6.80. The predicted octanol–water partition coefficient (Wildman–Crippen LogP) is 4.24. The molecule has 116 valence electrons. The summed E-state index contributed by atoms with van der Waals surface area (Å²) in [4.78, 5) is 23.7. The zero-order valence-corrected chi connectivity index (χ0v) is 13.7. The molecule has 22 heavy (non-hydrogen) atoms. The van der Waals surface area contributed by atoms with Crippen molar-refractivity contribution in [1.82, 2.24) is 4.57 Å². The van der Waals surface area contributed by atoms with Gasteiger partial charge in [-0.3, -0.25) is 4.79 Å². The van der Waals surface area contributed by atoms with Crippen LogP contribution in [0.4, 0.5) is 0 Å². The number of aromatic nitrogens is 1. The number of halogens is 2. The van der Waals surface area contributed by atoms with Crippen molar-refractivity contribution in [1.29, 1.82) is 0 Å². The number of carboxylic acids is 1. The summed E-state index contributed by atoms with van der Waals surface area (Å²) in [5, 5.41) is 10.1. The molecule has 0 fully saturated rings. The fourth-order valence-corrected chi connectivity index (χ4v) is 2.73. The van der Waals surface area contributed by atoms with Crippen LogP contribution < -0.4 is 5.43 Å². The molecule has 2 aromatic rings. The summed E-state index contributed by atoms with van der Waals surface area (Å²) in [7, 11) is 0. The second-order valence-electron chi connectivity index (χ2n) is 4.96. The topological polar surface area (TPSA) is 59.3 Å². The number of aromatic carboxylic acids is 1. The molecule has 0 unspecified atom stereocenters. The quantitative estimate of drug-likeness (QED) is 0.906. The zero-order valence-electron chi connectivity index (χ0n) is 12.2. The Morgan fingerprint density at radius 2 is 1.91 bits per heavy atom. The third-order valence-electron chi connectivity index (χ3n) is 3.37. The number of nitrogens with zero attached hydrogens (tertiary/aromatic N) is 1. The van der Waals surface area contributed by atoms with Crippen LogP contribution in [0.1, 0.15) is 29.4 Å². The highest BCUT2D eigenvalue weighted by molar-refractivity contribution is 6.42. The highest BCUT2D eigenvalue weighted by Crippen LogP contribution is 2.30. The molecule has 0 atom stereocenters. The Labute approximate surface area is 137 Å². The van der Waals surface area contributed by atoms with E-state index in [-0.39, 0.29) is 5.56 Å². The third kappa shape index (κ3) is 3.03. The molecule has 1 aromatic heterocycles. The molecule has 0 aliphatic rings. The summed E-state index contributed by atoms with van der Waals surface area (Å²) in [6.45, 7) is 4.36. The highest BCUT2D eigenvalue weighted by Gasteiger charge is 2.21. The van der Waals surface area contributed by atoms with Crippen molar-refractivity contribution < 1.29 is 9.90 Å². The number of pyridine rings is 1. The van der Waals surface area contributed by atoms with E-state index in [1.54, 1.807) is 25.1 Å². The molecule has 4 nitrogen and oxygen atoms in total. The number of aryl methyl sites for hydroxylation is 1. The molecule has 0 aliphatic carbocycles. The fraction of sp³-hybridized carbons (Fsp3) is 0.250. The Balaban J connectivity index is 2.88. The van der Waals surface area contributed by atoms with Crippen molar-refractivity contribution in [3.8, 4) is 11.3 Å². The molecule has 0 amide bonds. The average molecular weight is 340 g/mol. The average Bonchev–Trinajstić information content (AvgIpc) is 2.44. The normalized spacial score (nSPS) is 10.7. The van der Waals surface area contributed by atoms with Gasteiger partial charge in [0.2, 0.25) is 0 Å². The predicted molar refractivity (Wildman–Crippen MR) is 88.1 cm³/mol. The molecule has 0 aliphatic heterocycles. The Morgan fingerprint density at radius 1 is 1.23 bits per heavy atom. The Kier molecular flexibility index (Phi) is 4.94. The van der Waals surface area contributed by atoms with Crippen molar-refractivity contribution in [3.63, 3.8) is 0 Å². The van der Waals surface area contributed by atoms with E-state index < -0.39 is 11.4 Å². The van der Waals surface area contributed by atoms with Crippen molar-refractivity contribution in [3.05, 3.63) is 55.8 Å². The summed E-state index contributed by atoms with van der Waals surface area (Å²) in [6.07, 6.45) is 0.803. The van der Waals surface area contributed by atoms with E-state index in [0.717, 1.165) is 6.42 Å². The second-order valence-corrected chi connectivity index (χ2v) is 5.77. The standard InChI is InChI=1S/C16H15Cl2NO3/c1-3-6-19-9(2)7-13(20)14(16(21)22)15(19)10-4-5-11(17)12(18)8-10/h4-5,7-8H,3,6H2,1-2H3,(H,21,22). The molecule has 0 radical (unpaired) electrons. The minimum atomic E-state index is -1.25. The van der Waals surface area contributed by atoms with E-state index in [0.29, 0.717) is 33.5 Å². The third-order valence-corrected chi connectivity index (χ3v) is 4.11. The van der Waals surface area contributed by atoms with Gasteiger partial charge in [0, 0.05) is 23.9 Å². The van der Waals surface area contributed by atoms with Gasteiger partial charge in [0.05, 0.1) is 15.7 Å². The molecular formula is C16H15Cl2NO3. The zero-order chi connectivity index (χ0) is 16.4. The maximum atomic E-state index is 12.1. The van der Waals surface area contributed by atoms with Gasteiger partial charge in [-0.05, 0) is 25.5 Å². The lowest BCUT2D eigenvalue weighted by molar-refractivity contribution is 0.0695. The van der Waals surface area contributed by atoms with E-state index in [1.165, 1.54) is 6.07 Å². The molecule has 1 aromatic carbocycles. The number of benzene rings is 1. The molecule has 0 saturated heterocycles. The lowest BCUT2D eigenvalue weighted by Crippen LogP contribution is -2.22. The fourth-order valence-electron chi connectivity index (χ4n) is 2.43. The van der Waals surface area contributed by atoms with Crippen molar-refractivity contribution >= 4 is 29.2 Å². The molecule has 6 heteroatoms. The van der Waals surface area contributed by atoms with E-state index in [4.69, 9.17) is 23.2 Å². The number of carboxylic acid groups (broad SMARTS) is 1. The number of hydrogen-bond donors (Lipinski definition) is 1. The lowest BCUT2D eigenvalue weighted by Gasteiger charge is -2.19. The smallest absolute Gasteiger partial charge is 0.341 e. The monoisotopic (exact) mass is 339 g/mol. The summed E-state index contributed by atoms with van der Waals surface area (Å²) in [5.41, 5.74) is 0.854. The van der Waals surface area contributed by atoms with E-state index >= 15 is 0 Å². The molecule has 2 rings (SSSR count). The number of hydrogen-bond acceptors (Lipinski definition) is 2. The number of carbonyl (C=O) groups is 1. The van der Waals surface area contributed by atoms with Crippen LogP contribution in [0.3, 0.4) is 0 Å². The van der Waals surface area contributed by atoms with Crippen LogP contribution in [0.2, 0.25) is 10.0 Å². The van der Waals surface area contributed by atoms with Gasteiger partial charge in [0.25, 0.3) is 0 Å². The van der Waals surface area contributed by atoms with Crippen molar-refractivity contribution in [2.75, 3.05) is 0 Å².